The molecule has 0 spiro atoms. The van der Waals surface area contributed by atoms with E-state index in [-0.39, 0.29) is 0 Å². The molecule has 5 nitrogen and oxygen atoms in total. The zero-order chi connectivity index (χ0) is 13.1. The van der Waals surface area contributed by atoms with E-state index in [4.69, 9.17) is 0 Å². The van der Waals surface area contributed by atoms with E-state index < -0.39 is 0 Å². The molecule has 0 radical (unpaired) electrons. The molecular formula is C14H21N5. The zero-order valence-electron chi connectivity index (χ0n) is 11.4. The van der Waals surface area contributed by atoms with Crippen molar-refractivity contribution >= 4 is 11.3 Å². The van der Waals surface area contributed by atoms with Crippen LogP contribution in [0.1, 0.15) is 26.2 Å². The highest BCUT2D eigenvalue weighted by Crippen LogP contribution is 2.26. The summed E-state index contributed by atoms with van der Waals surface area (Å²) in [5, 5.41) is 7.81. The van der Waals surface area contributed by atoms with E-state index in [0.29, 0.717) is 6.04 Å². The number of hydrogen-bond acceptors (Lipinski definition) is 4. The summed E-state index contributed by atoms with van der Waals surface area (Å²) in [5.74, 6) is 1.07. The second-order valence-corrected chi connectivity index (χ2v) is 5.11. The highest BCUT2D eigenvalue weighted by molar-refractivity contribution is 5.69. The van der Waals surface area contributed by atoms with E-state index in [1.807, 2.05) is 29.2 Å². The van der Waals surface area contributed by atoms with E-state index in [2.05, 4.69) is 27.2 Å². The quantitative estimate of drug-likeness (QED) is 0.830. The number of rotatable bonds is 5. The Kier molecular flexibility index (Phi) is 3.64. The van der Waals surface area contributed by atoms with Gasteiger partial charge in [-0.05, 0) is 31.9 Å². The van der Waals surface area contributed by atoms with Gasteiger partial charge < -0.3 is 10.2 Å². The van der Waals surface area contributed by atoms with Gasteiger partial charge in [-0.2, -0.15) is 5.10 Å². The van der Waals surface area contributed by atoms with Crippen LogP contribution in [-0.4, -0.2) is 40.3 Å². The molecule has 1 unspecified atom stereocenters. The molecule has 0 aliphatic carbocycles. The summed E-state index contributed by atoms with van der Waals surface area (Å²) in [6.07, 6.45) is 9.25. The minimum atomic E-state index is 0.556. The minimum Gasteiger partial charge on any atom is -0.351 e. The lowest BCUT2D eigenvalue weighted by atomic mass is 10.2. The molecule has 3 heterocycles. The molecular weight excluding hydrogens is 238 g/mol. The van der Waals surface area contributed by atoms with Gasteiger partial charge in [-0.1, -0.05) is 6.92 Å². The predicted octanol–water partition coefficient (Wildman–Crippen LogP) is 1.70. The van der Waals surface area contributed by atoms with Gasteiger partial charge >= 0.3 is 0 Å². The molecule has 2 aromatic rings. The molecule has 0 saturated carbocycles. The maximum Gasteiger partial charge on any atom is 0.154 e. The molecule has 1 aliphatic rings. The van der Waals surface area contributed by atoms with Crippen LogP contribution in [0.15, 0.2) is 24.7 Å². The monoisotopic (exact) mass is 259 g/mol. The summed E-state index contributed by atoms with van der Waals surface area (Å²) in [7, 11) is 0. The van der Waals surface area contributed by atoms with Gasteiger partial charge in [0.25, 0.3) is 0 Å². The van der Waals surface area contributed by atoms with E-state index in [1.54, 1.807) is 0 Å². The van der Waals surface area contributed by atoms with Gasteiger partial charge in [0, 0.05) is 31.5 Å². The second kappa shape index (κ2) is 5.57. The number of aromatic nitrogens is 3. The Balaban J connectivity index is 1.81. The Morgan fingerprint density at radius 3 is 3.26 bits per heavy atom. The average Bonchev–Trinajstić information content (AvgIpc) is 3.07. The van der Waals surface area contributed by atoms with Crippen LogP contribution in [0.4, 0.5) is 5.82 Å². The summed E-state index contributed by atoms with van der Waals surface area (Å²) >= 11 is 0. The standard InChI is InChI=1S/C14H21N5/c1-2-6-15-11-12-4-3-9-18(12)14-13-5-7-17-19(13)10-8-16-14/h5,7-8,10,12,15H,2-4,6,9,11H2,1H3. The number of fused-ring (bicyclic) bond motifs is 1. The topological polar surface area (TPSA) is 45.5 Å². The molecule has 0 aromatic carbocycles. The summed E-state index contributed by atoms with van der Waals surface area (Å²) < 4.78 is 1.90. The molecule has 0 amide bonds. The molecule has 2 aromatic heterocycles. The fourth-order valence-corrected chi connectivity index (χ4v) is 2.84. The number of anilines is 1. The third-order valence-electron chi connectivity index (χ3n) is 3.76. The van der Waals surface area contributed by atoms with Gasteiger partial charge in [-0.3, -0.25) is 0 Å². The van der Waals surface area contributed by atoms with Crippen molar-refractivity contribution in [2.45, 2.75) is 32.2 Å². The fourth-order valence-electron chi connectivity index (χ4n) is 2.84. The third kappa shape index (κ3) is 2.42. The first-order valence-corrected chi connectivity index (χ1v) is 7.16. The number of nitrogens with one attached hydrogen (secondary N) is 1. The SMILES string of the molecule is CCCNCC1CCCN1c1nccn2nccc12. The van der Waals surface area contributed by atoms with Crippen molar-refractivity contribution in [3.8, 4) is 0 Å². The normalized spacial score (nSPS) is 19.4. The van der Waals surface area contributed by atoms with Crippen molar-refractivity contribution in [1.29, 1.82) is 0 Å². The van der Waals surface area contributed by atoms with Crippen molar-refractivity contribution in [3.63, 3.8) is 0 Å². The van der Waals surface area contributed by atoms with Crippen LogP contribution in [0.2, 0.25) is 0 Å². The smallest absolute Gasteiger partial charge is 0.154 e. The Morgan fingerprint density at radius 2 is 2.37 bits per heavy atom. The van der Waals surface area contributed by atoms with Crippen molar-refractivity contribution in [2.75, 3.05) is 24.5 Å². The number of nitrogens with zero attached hydrogens (tertiary/aromatic N) is 4. The minimum absolute atomic E-state index is 0.556. The lowest BCUT2D eigenvalue weighted by Gasteiger charge is -2.26. The Labute approximate surface area is 113 Å². The molecule has 5 heteroatoms. The van der Waals surface area contributed by atoms with Crippen molar-refractivity contribution in [1.82, 2.24) is 19.9 Å². The van der Waals surface area contributed by atoms with Crippen molar-refractivity contribution < 1.29 is 0 Å². The Bertz CT molecular complexity index is 535. The first-order chi connectivity index (χ1) is 9.40. The van der Waals surface area contributed by atoms with Crippen LogP contribution < -0.4 is 10.2 Å². The largest absolute Gasteiger partial charge is 0.351 e. The molecule has 1 aliphatic heterocycles. The van der Waals surface area contributed by atoms with Crippen LogP contribution in [0.5, 0.6) is 0 Å². The van der Waals surface area contributed by atoms with Crippen LogP contribution in [0.3, 0.4) is 0 Å². The number of hydrogen-bond donors (Lipinski definition) is 1. The van der Waals surface area contributed by atoms with Crippen molar-refractivity contribution in [3.05, 3.63) is 24.7 Å². The summed E-state index contributed by atoms with van der Waals surface area (Å²) in [6.45, 7) is 5.43. The van der Waals surface area contributed by atoms with E-state index in [1.165, 1.54) is 19.3 Å². The lowest BCUT2D eigenvalue weighted by molar-refractivity contribution is 0.568. The van der Waals surface area contributed by atoms with Gasteiger partial charge in [-0.25, -0.2) is 9.50 Å². The van der Waals surface area contributed by atoms with Gasteiger partial charge in [0.05, 0.1) is 6.20 Å². The van der Waals surface area contributed by atoms with Gasteiger partial charge in [0.1, 0.15) is 5.52 Å². The highest BCUT2D eigenvalue weighted by atomic mass is 15.3. The molecule has 1 saturated heterocycles. The maximum atomic E-state index is 4.58. The van der Waals surface area contributed by atoms with Gasteiger partial charge in [-0.15, -0.1) is 0 Å². The van der Waals surface area contributed by atoms with Crippen LogP contribution >= 0.6 is 0 Å². The molecule has 0 bridgehead atoms. The Hall–Kier alpha value is -1.62. The lowest BCUT2D eigenvalue weighted by Crippen LogP contribution is -2.38. The first-order valence-electron chi connectivity index (χ1n) is 7.16. The van der Waals surface area contributed by atoms with Crippen LogP contribution in [0, 0.1) is 0 Å². The molecule has 1 N–H and O–H groups in total. The molecule has 1 fully saturated rings. The van der Waals surface area contributed by atoms with Crippen molar-refractivity contribution in [2.24, 2.45) is 0 Å². The average molecular weight is 259 g/mol. The molecule has 102 valence electrons. The van der Waals surface area contributed by atoms with Crippen LogP contribution in [0.25, 0.3) is 5.52 Å². The van der Waals surface area contributed by atoms with E-state index in [0.717, 1.165) is 31.0 Å². The Morgan fingerprint density at radius 1 is 1.42 bits per heavy atom. The first kappa shape index (κ1) is 12.4. The fraction of sp³-hybridized carbons (Fsp3) is 0.571. The van der Waals surface area contributed by atoms with Crippen LogP contribution in [-0.2, 0) is 0 Å². The summed E-state index contributed by atoms with van der Waals surface area (Å²) in [5.41, 5.74) is 1.10. The molecule has 3 rings (SSSR count). The maximum absolute atomic E-state index is 4.58. The van der Waals surface area contributed by atoms with E-state index >= 15 is 0 Å². The summed E-state index contributed by atoms with van der Waals surface area (Å²) in [4.78, 5) is 7.01. The highest BCUT2D eigenvalue weighted by Gasteiger charge is 2.26. The summed E-state index contributed by atoms with van der Waals surface area (Å²) in [6, 6.07) is 2.59. The predicted molar refractivity (Wildman–Crippen MR) is 76.5 cm³/mol. The molecule has 19 heavy (non-hydrogen) atoms. The third-order valence-corrected chi connectivity index (χ3v) is 3.76. The van der Waals surface area contributed by atoms with Gasteiger partial charge in [0.15, 0.2) is 5.82 Å². The van der Waals surface area contributed by atoms with E-state index in [9.17, 15) is 0 Å². The zero-order valence-corrected chi connectivity index (χ0v) is 11.4. The van der Waals surface area contributed by atoms with Gasteiger partial charge in [0.2, 0.25) is 0 Å². The molecule has 1 atom stereocenters. The second-order valence-electron chi connectivity index (χ2n) is 5.11.